The number of rotatable bonds is 1. The zero-order valence-corrected chi connectivity index (χ0v) is 12.6. The Hall–Kier alpha value is -2.49. The van der Waals surface area contributed by atoms with Crippen LogP contribution in [0.4, 0.5) is 5.88 Å². The van der Waals surface area contributed by atoms with Gasteiger partial charge in [0, 0.05) is 20.6 Å². The molecule has 1 aromatic carbocycles. The minimum atomic E-state index is -2.10. The van der Waals surface area contributed by atoms with Crippen molar-refractivity contribution in [1.82, 2.24) is 0 Å². The first-order valence-corrected chi connectivity index (χ1v) is 7.29. The first-order chi connectivity index (χ1) is 11.9. The van der Waals surface area contributed by atoms with E-state index in [1.165, 1.54) is 0 Å². The van der Waals surface area contributed by atoms with E-state index in [1.807, 2.05) is 42.9 Å². The van der Waals surface area contributed by atoms with Gasteiger partial charge in [0.25, 0.3) is 0 Å². The molecule has 0 amide bonds. The molecule has 4 rings (SSSR count). The van der Waals surface area contributed by atoms with Crippen molar-refractivity contribution in [3.63, 3.8) is 0 Å². The van der Waals surface area contributed by atoms with Gasteiger partial charge in [0.05, 0.1) is 0 Å². The fraction of sp³-hybridized carbons (Fsp3) is 0.167. The van der Waals surface area contributed by atoms with E-state index in [0.29, 0.717) is 5.56 Å². The number of anilines is 1. The molecule has 0 atom stereocenters. The Morgan fingerprint density at radius 1 is 1.23 bits per heavy atom. The molecule has 0 saturated heterocycles. The van der Waals surface area contributed by atoms with Crippen molar-refractivity contribution in [2.24, 2.45) is 7.05 Å². The lowest BCUT2D eigenvalue weighted by atomic mass is 9.55. The van der Waals surface area contributed by atoms with Gasteiger partial charge in [-0.25, -0.2) is 4.57 Å². The number of fused-ring (bicyclic) bond motifs is 3. The van der Waals surface area contributed by atoms with Crippen LogP contribution in [0.1, 0.15) is 15.2 Å². The fourth-order valence-corrected chi connectivity index (χ4v) is 3.14. The summed E-state index contributed by atoms with van der Waals surface area (Å²) >= 11 is 0. The topological polar surface area (TPSA) is 20.3 Å². The van der Waals surface area contributed by atoms with Crippen molar-refractivity contribution < 1.29 is 13.1 Å². The van der Waals surface area contributed by atoms with Gasteiger partial charge in [0.2, 0.25) is 0 Å². The first kappa shape index (κ1) is 10.3. The molecular weight excluding hydrogens is 271 g/mol. The third-order valence-electron chi connectivity index (χ3n) is 4.27. The Balaban J connectivity index is 1.77. The number of para-hydroxylation sites is 1. The van der Waals surface area contributed by atoms with Crippen LogP contribution in [0.5, 0.6) is 0 Å². The Bertz CT molecular complexity index is 994. The van der Waals surface area contributed by atoms with Gasteiger partial charge in [0.15, 0.2) is 17.7 Å². The van der Waals surface area contributed by atoms with Crippen LogP contribution in [0.3, 0.4) is 0 Å². The molecule has 0 bridgehead atoms. The zero-order chi connectivity index (χ0) is 17.8. The second kappa shape index (κ2) is 4.77. The SMILES string of the molecule is [2H]C([2H])([2H])c1ccc(B2C=Cc3c(oc4ccccc34)N2C)[n+](C)c1. The Morgan fingerprint density at radius 3 is 2.91 bits per heavy atom. The number of pyridine rings is 1. The number of aryl methyl sites for hydroxylation is 2. The molecule has 3 nitrogen and oxygen atoms in total. The molecule has 0 saturated carbocycles. The van der Waals surface area contributed by atoms with E-state index in [1.54, 1.807) is 12.3 Å². The third-order valence-corrected chi connectivity index (χ3v) is 4.27. The molecular formula is C18H18BN2O+. The van der Waals surface area contributed by atoms with Crippen LogP contribution >= 0.6 is 0 Å². The standard InChI is InChI=1S/C18H18BN2O/c1-13-8-9-17(20(2)12-13)19-11-10-15-14-6-4-5-7-16(14)22-18(15)21(19)3/h4-12H,1-3H3/q+1/i1D3. The fourth-order valence-electron chi connectivity index (χ4n) is 3.14. The van der Waals surface area contributed by atoms with Crippen molar-refractivity contribution >= 4 is 35.4 Å². The molecule has 0 N–H and O–H groups in total. The van der Waals surface area contributed by atoms with Crippen LogP contribution in [0.25, 0.3) is 17.0 Å². The van der Waals surface area contributed by atoms with Gasteiger partial charge in [-0.2, -0.15) is 0 Å². The number of hydrogen-bond acceptors (Lipinski definition) is 2. The van der Waals surface area contributed by atoms with E-state index in [9.17, 15) is 0 Å². The maximum atomic E-state index is 7.56. The average Bonchev–Trinajstić information content (AvgIpc) is 2.95. The second-order valence-corrected chi connectivity index (χ2v) is 5.69. The number of nitrogens with zero attached hydrogens (tertiary/aromatic N) is 2. The molecule has 1 aliphatic heterocycles. The molecule has 108 valence electrons. The van der Waals surface area contributed by atoms with E-state index in [0.717, 1.165) is 28.0 Å². The van der Waals surface area contributed by atoms with E-state index in [4.69, 9.17) is 8.53 Å². The summed E-state index contributed by atoms with van der Waals surface area (Å²) in [4.78, 5) is 2.08. The maximum Gasteiger partial charge on any atom is 0.398 e. The summed E-state index contributed by atoms with van der Waals surface area (Å²) in [6.07, 6.45) is 3.77. The minimum absolute atomic E-state index is 0.0243. The van der Waals surface area contributed by atoms with E-state index < -0.39 is 6.85 Å². The highest BCUT2D eigenvalue weighted by Crippen LogP contribution is 2.35. The highest BCUT2D eigenvalue weighted by Gasteiger charge is 2.34. The van der Waals surface area contributed by atoms with Gasteiger partial charge in [-0.15, -0.1) is 0 Å². The van der Waals surface area contributed by atoms with Crippen LogP contribution in [-0.2, 0) is 7.05 Å². The smallest absolute Gasteiger partial charge is 0.398 e. The van der Waals surface area contributed by atoms with Crippen LogP contribution in [0.15, 0.2) is 53.0 Å². The lowest BCUT2D eigenvalue weighted by Crippen LogP contribution is -2.60. The zero-order valence-electron chi connectivity index (χ0n) is 15.6. The van der Waals surface area contributed by atoms with Crippen molar-refractivity contribution in [2.75, 3.05) is 11.9 Å². The molecule has 0 aliphatic carbocycles. The summed E-state index contributed by atoms with van der Waals surface area (Å²) in [5.41, 5.74) is 3.28. The Kier molecular flexibility index (Phi) is 2.23. The average molecular weight is 292 g/mol. The van der Waals surface area contributed by atoms with Gasteiger partial charge in [-0.05, 0) is 32.1 Å². The Morgan fingerprint density at radius 2 is 2.09 bits per heavy atom. The van der Waals surface area contributed by atoms with Crippen LogP contribution in [0.2, 0.25) is 0 Å². The van der Waals surface area contributed by atoms with Gasteiger partial charge in [-0.1, -0.05) is 30.3 Å². The summed E-state index contributed by atoms with van der Waals surface area (Å²) in [5.74, 6) is 2.95. The summed E-state index contributed by atoms with van der Waals surface area (Å²) in [6.45, 7) is -2.13. The Labute approximate surface area is 134 Å². The largest absolute Gasteiger partial charge is 0.441 e. The van der Waals surface area contributed by atoms with Gasteiger partial charge >= 0.3 is 6.85 Å². The molecule has 4 heteroatoms. The van der Waals surface area contributed by atoms with Gasteiger partial charge < -0.3 is 9.23 Å². The van der Waals surface area contributed by atoms with Crippen LogP contribution in [-0.4, -0.2) is 13.9 Å². The van der Waals surface area contributed by atoms with E-state index in [-0.39, 0.29) is 6.85 Å². The quantitative estimate of drug-likeness (QED) is 0.507. The highest BCUT2D eigenvalue weighted by molar-refractivity contribution is 6.80. The predicted molar refractivity (Wildman–Crippen MR) is 91.4 cm³/mol. The second-order valence-electron chi connectivity index (χ2n) is 5.69. The van der Waals surface area contributed by atoms with Gasteiger partial charge in [0.1, 0.15) is 12.6 Å². The molecule has 0 unspecified atom stereocenters. The molecule has 0 fully saturated rings. The predicted octanol–water partition coefficient (Wildman–Crippen LogP) is 2.47. The van der Waals surface area contributed by atoms with Crippen molar-refractivity contribution in [1.29, 1.82) is 0 Å². The monoisotopic (exact) mass is 292 g/mol. The van der Waals surface area contributed by atoms with Crippen LogP contribution < -0.4 is 15.0 Å². The lowest BCUT2D eigenvalue weighted by molar-refractivity contribution is -0.654. The van der Waals surface area contributed by atoms with Crippen molar-refractivity contribution in [2.45, 2.75) is 6.85 Å². The number of hydrogen-bond donors (Lipinski definition) is 0. The first-order valence-electron chi connectivity index (χ1n) is 8.79. The highest BCUT2D eigenvalue weighted by atomic mass is 16.4. The van der Waals surface area contributed by atoms with Gasteiger partial charge in [-0.3, -0.25) is 0 Å². The minimum Gasteiger partial charge on any atom is -0.441 e. The molecule has 3 heterocycles. The normalized spacial score (nSPS) is 16.4. The number of benzene rings is 1. The van der Waals surface area contributed by atoms with E-state index >= 15 is 0 Å². The summed E-state index contributed by atoms with van der Waals surface area (Å²) in [6, 6.07) is 11.5. The summed E-state index contributed by atoms with van der Waals surface area (Å²) < 4.78 is 30.6. The maximum absolute atomic E-state index is 7.56. The van der Waals surface area contributed by atoms with Crippen LogP contribution in [0, 0.1) is 6.85 Å². The molecule has 2 aromatic heterocycles. The number of aromatic nitrogens is 1. The number of furan rings is 1. The summed E-state index contributed by atoms with van der Waals surface area (Å²) in [5, 5.41) is 1.10. The third kappa shape index (κ3) is 1.87. The molecule has 22 heavy (non-hydrogen) atoms. The van der Waals surface area contributed by atoms with Crippen molar-refractivity contribution in [3.8, 4) is 0 Å². The molecule has 3 aromatic rings. The molecule has 0 spiro atoms. The molecule has 1 aliphatic rings. The van der Waals surface area contributed by atoms with Crippen molar-refractivity contribution in [3.05, 3.63) is 59.7 Å². The molecule has 0 radical (unpaired) electrons. The lowest BCUT2D eigenvalue weighted by Gasteiger charge is -2.24. The van der Waals surface area contributed by atoms with E-state index in [2.05, 4.69) is 22.9 Å². The summed E-state index contributed by atoms with van der Waals surface area (Å²) in [7, 11) is 3.87.